The summed E-state index contributed by atoms with van der Waals surface area (Å²) in [7, 11) is 4.07. The number of carbonyl (C=O) groups excluding carboxylic acids is 1. The number of hydrogen-bond donors (Lipinski definition) is 1. The molecule has 1 aromatic heterocycles. The minimum atomic E-state index is 0.00625. The molecule has 2 aromatic rings. The number of hydrogen-bond acceptors (Lipinski definition) is 3. The van der Waals surface area contributed by atoms with Crippen molar-refractivity contribution in [3.8, 4) is 0 Å². The van der Waals surface area contributed by atoms with E-state index in [9.17, 15) is 4.79 Å². The van der Waals surface area contributed by atoms with Crippen molar-refractivity contribution in [2.75, 3.05) is 20.6 Å². The zero-order valence-electron chi connectivity index (χ0n) is 14.7. The number of amides is 1. The van der Waals surface area contributed by atoms with Gasteiger partial charge in [-0.1, -0.05) is 37.3 Å². The predicted octanol–water partition coefficient (Wildman–Crippen LogP) is 3.91. The smallest absolute Gasteiger partial charge is 0.261 e. The summed E-state index contributed by atoms with van der Waals surface area (Å²) in [5.74, 6) is 0.784. The van der Waals surface area contributed by atoms with E-state index >= 15 is 0 Å². The second-order valence-electron chi connectivity index (χ2n) is 7.11. The molecule has 0 unspecified atom stereocenters. The summed E-state index contributed by atoms with van der Waals surface area (Å²) in [6, 6.07) is 12.3. The molecule has 1 amide bonds. The van der Waals surface area contributed by atoms with Crippen LogP contribution in [0.25, 0.3) is 0 Å². The molecule has 1 aliphatic rings. The van der Waals surface area contributed by atoms with Gasteiger partial charge < -0.3 is 10.2 Å². The number of aryl methyl sites for hydroxylation is 1. The number of fused-ring (bicyclic) bond motifs is 1. The van der Waals surface area contributed by atoms with Gasteiger partial charge in [-0.25, -0.2) is 0 Å². The first-order valence-corrected chi connectivity index (χ1v) is 9.46. The lowest BCUT2D eigenvalue weighted by atomic mass is 9.90. The Hall–Kier alpha value is -1.65. The summed E-state index contributed by atoms with van der Waals surface area (Å²) in [5, 5.41) is 3.23. The molecule has 2 atom stereocenters. The number of likely N-dealkylation sites (N-methyl/N-ethyl adjacent to an activating group) is 1. The van der Waals surface area contributed by atoms with Crippen LogP contribution < -0.4 is 5.32 Å². The molecule has 3 nitrogen and oxygen atoms in total. The molecule has 0 aliphatic heterocycles. The molecule has 1 N–H and O–H groups in total. The Balaban J connectivity index is 1.76. The normalized spacial score (nSPS) is 18.2. The van der Waals surface area contributed by atoms with Crippen molar-refractivity contribution in [3.63, 3.8) is 0 Å². The fourth-order valence-electron chi connectivity index (χ4n) is 3.33. The van der Waals surface area contributed by atoms with Crippen LogP contribution >= 0.6 is 11.3 Å². The highest BCUT2D eigenvalue weighted by Gasteiger charge is 2.22. The Morgan fingerprint density at radius 1 is 1.33 bits per heavy atom. The first-order valence-electron chi connectivity index (χ1n) is 8.65. The third-order valence-corrected chi connectivity index (χ3v) is 5.84. The number of rotatable bonds is 5. The van der Waals surface area contributed by atoms with E-state index in [2.05, 4.69) is 35.3 Å². The first-order chi connectivity index (χ1) is 11.5. The summed E-state index contributed by atoms with van der Waals surface area (Å²) in [6.45, 7) is 3.08. The number of benzene rings is 1. The zero-order chi connectivity index (χ0) is 17.1. The van der Waals surface area contributed by atoms with E-state index in [-0.39, 0.29) is 11.9 Å². The lowest BCUT2D eigenvalue weighted by Crippen LogP contribution is -2.35. The highest BCUT2D eigenvalue weighted by molar-refractivity contribution is 7.14. The van der Waals surface area contributed by atoms with E-state index in [0.29, 0.717) is 0 Å². The molecule has 1 heterocycles. The fourth-order valence-corrected chi connectivity index (χ4v) is 4.44. The van der Waals surface area contributed by atoms with Gasteiger partial charge in [-0.2, -0.15) is 0 Å². The average molecular weight is 343 g/mol. The maximum absolute atomic E-state index is 12.8. The van der Waals surface area contributed by atoms with E-state index < -0.39 is 0 Å². The average Bonchev–Trinajstić information content (AvgIpc) is 2.98. The van der Waals surface area contributed by atoms with Gasteiger partial charge in [0.2, 0.25) is 0 Å². The highest BCUT2D eigenvalue weighted by atomic mass is 32.1. The van der Waals surface area contributed by atoms with Crippen LogP contribution in [0.5, 0.6) is 0 Å². The lowest BCUT2D eigenvalue weighted by Gasteiger charge is -2.22. The molecular formula is C20H26N2OS. The summed E-state index contributed by atoms with van der Waals surface area (Å²) >= 11 is 1.68. The van der Waals surface area contributed by atoms with Crippen molar-refractivity contribution in [2.45, 2.75) is 32.2 Å². The van der Waals surface area contributed by atoms with Crippen LogP contribution in [0.4, 0.5) is 0 Å². The van der Waals surface area contributed by atoms with Crippen molar-refractivity contribution in [1.82, 2.24) is 10.2 Å². The molecular weight excluding hydrogens is 316 g/mol. The quantitative estimate of drug-likeness (QED) is 0.893. The Morgan fingerprint density at radius 2 is 2.08 bits per heavy atom. The lowest BCUT2D eigenvalue weighted by molar-refractivity contribution is 0.0934. The molecule has 0 fully saturated rings. The van der Waals surface area contributed by atoms with E-state index in [0.717, 1.165) is 35.7 Å². The van der Waals surface area contributed by atoms with Crippen LogP contribution in [0, 0.1) is 5.92 Å². The van der Waals surface area contributed by atoms with Gasteiger partial charge in [0.25, 0.3) is 5.91 Å². The van der Waals surface area contributed by atoms with Crippen LogP contribution in [-0.4, -0.2) is 31.4 Å². The van der Waals surface area contributed by atoms with Gasteiger partial charge in [-0.3, -0.25) is 4.79 Å². The molecule has 0 bridgehead atoms. The fraction of sp³-hybridized carbons (Fsp3) is 0.450. The van der Waals surface area contributed by atoms with Crippen LogP contribution in [0.3, 0.4) is 0 Å². The molecule has 128 valence electrons. The largest absolute Gasteiger partial charge is 0.343 e. The Kier molecular flexibility index (Phi) is 5.36. The zero-order valence-corrected chi connectivity index (χ0v) is 15.5. The second kappa shape index (κ2) is 7.49. The molecule has 24 heavy (non-hydrogen) atoms. The number of nitrogens with one attached hydrogen (secondary N) is 1. The van der Waals surface area contributed by atoms with Crippen LogP contribution in [0.1, 0.15) is 45.1 Å². The van der Waals surface area contributed by atoms with Gasteiger partial charge in [0.15, 0.2) is 0 Å². The minimum absolute atomic E-state index is 0.00625. The van der Waals surface area contributed by atoms with Crippen LogP contribution in [0.2, 0.25) is 0 Å². The summed E-state index contributed by atoms with van der Waals surface area (Å²) in [5.41, 5.74) is 2.53. The maximum atomic E-state index is 12.8. The van der Waals surface area contributed by atoms with Gasteiger partial charge in [0, 0.05) is 11.4 Å². The van der Waals surface area contributed by atoms with E-state index in [4.69, 9.17) is 0 Å². The van der Waals surface area contributed by atoms with E-state index in [1.165, 1.54) is 16.9 Å². The molecule has 1 aromatic carbocycles. The SMILES string of the molecule is C[C@@H]1CCc2sc(C(=O)N[C@@H](CN(C)C)c3ccccc3)cc2C1. The second-order valence-corrected chi connectivity index (χ2v) is 8.24. The molecule has 3 rings (SSSR count). The molecule has 0 spiro atoms. The van der Waals surface area contributed by atoms with Crippen molar-refractivity contribution in [2.24, 2.45) is 5.92 Å². The van der Waals surface area contributed by atoms with Gasteiger partial charge in [0.05, 0.1) is 10.9 Å². The third kappa shape index (κ3) is 4.05. The predicted molar refractivity (Wildman–Crippen MR) is 101 cm³/mol. The van der Waals surface area contributed by atoms with E-state index in [1.807, 2.05) is 32.3 Å². The summed E-state index contributed by atoms with van der Waals surface area (Å²) in [6.07, 6.45) is 3.47. The Labute approximate surface area is 148 Å². The molecule has 0 saturated heterocycles. The maximum Gasteiger partial charge on any atom is 0.261 e. The summed E-state index contributed by atoms with van der Waals surface area (Å²) in [4.78, 5) is 17.2. The number of carbonyl (C=O) groups is 1. The van der Waals surface area contributed by atoms with Crippen molar-refractivity contribution >= 4 is 17.2 Å². The minimum Gasteiger partial charge on any atom is -0.343 e. The Morgan fingerprint density at radius 3 is 2.79 bits per heavy atom. The van der Waals surface area contributed by atoms with Crippen LogP contribution in [0.15, 0.2) is 36.4 Å². The van der Waals surface area contributed by atoms with Crippen molar-refractivity contribution in [3.05, 3.63) is 57.3 Å². The molecule has 4 heteroatoms. The Bertz CT molecular complexity index is 693. The highest BCUT2D eigenvalue weighted by Crippen LogP contribution is 2.32. The van der Waals surface area contributed by atoms with Gasteiger partial charge in [-0.15, -0.1) is 11.3 Å². The van der Waals surface area contributed by atoms with Crippen molar-refractivity contribution in [1.29, 1.82) is 0 Å². The van der Waals surface area contributed by atoms with Crippen molar-refractivity contribution < 1.29 is 4.79 Å². The monoisotopic (exact) mass is 342 g/mol. The number of thiophene rings is 1. The first kappa shape index (κ1) is 17.2. The molecule has 0 saturated carbocycles. The topological polar surface area (TPSA) is 32.3 Å². The van der Waals surface area contributed by atoms with Crippen LogP contribution in [-0.2, 0) is 12.8 Å². The molecule has 0 radical (unpaired) electrons. The van der Waals surface area contributed by atoms with E-state index in [1.54, 1.807) is 11.3 Å². The summed E-state index contributed by atoms with van der Waals surface area (Å²) < 4.78 is 0. The standard InChI is InChI=1S/C20H26N2OS/c1-14-9-10-18-16(11-14)12-19(24-18)20(23)21-17(13-22(2)3)15-7-5-4-6-8-15/h4-8,12,14,17H,9-11,13H2,1-3H3,(H,21,23)/t14-,17+/m1/s1. The van der Waals surface area contributed by atoms with Gasteiger partial charge in [0.1, 0.15) is 0 Å². The number of nitrogens with zero attached hydrogens (tertiary/aromatic N) is 1. The van der Waals surface area contributed by atoms with Gasteiger partial charge in [-0.05, 0) is 56.5 Å². The third-order valence-electron chi connectivity index (χ3n) is 4.61. The van der Waals surface area contributed by atoms with Gasteiger partial charge >= 0.3 is 0 Å². The molecule has 1 aliphatic carbocycles.